The summed E-state index contributed by atoms with van der Waals surface area (Å²) in [7, 11) is -1.64. The van der Waals surface area contributed by atoms with Crippen molar-refractivity contribution >= 4 is 27.7 Å². The molecule has 2 amide bonds. The van der Waals surface area contributed by atoms with E-state index >= 15 is 0 Å². The van der Waals surface area contributed by atoms with E-state index in [9.17, 15) is 22.4 Å². The van der Waals surface area contributed by atoms with Crippen molar-refractivity contribution in [2.45, 2.75) is 45.8 Å². The van der Waals surface area contributed by atoms with Crippen molar-refractivity contribution < 1.29 is 22.4 Å². The van der Waals surface area contributed by atoms with Gasteiger partial charge in [0.2, 0.25) is 11.8 Å². The summed E-state index contributed by atoms with van der Waals surface area (Å²) < 4.78 is 43.2. The normalized spacial score (nSPS) is 12.3. The minimum atomic E-state index is -4.27. The Labute approximate surface area is 236 Å². The van der Waals surface area contributed by atoms with Crippen molar-refractivity contribution in [3.8, 4) is 0 Å². The van der Waals surface area contributed by atoms with E-state index in [0.717, 1.165) is 31.4 Å². The second-order valence-corrected chi connectivity index (χ2v) is 12.1. The van der Waals surface area contributed by atoms with Crippen LogP contribution in [0.15, 0.2) is 78.9 Å². The Balaban J connectivity index is 2.12. The van der Waals surface area contributed by atoms with Crippen LogP contribution in [0.5, 0.6) is 0 Å². The van der Waals surface area contributed by atoms with Gasteiger partial charge in [-0.05, 0) is 49.6 Å². The van der Waals surface area contributed by atoms with Gasteiger partial charge in [0.25, 0.3) is 0 Å². The van der Waals surface area contributed by atoms with Crippen LogP contribution >= 0.6 is 0 Å². The second kappa shape index (κ2) is 13.5. The van der Waals surface area contributed by atoms with Crippen molar-refractivity contribution in [2.24, 2.45) is 0 Å². The Morgan fingerprint density at radius 3 is 2.10 bits per heavy atom. The Bertz CT molecular complexity index is 1410. The van der Waals surface area contributed by atoms with Crippen LogP contribution in [-0.4, -0.2) is 62.2 Å². The fourth-order valence-electron chi connectivity index (χ4n) is 4.26. The van der Waals surface area contributed by atoms with Gasteiger partial charge in [-0.25, -0.2) is 8.70 Å². The molecule has 0 saturated heterocycles. The Hall–Kier alpha value is -3.76. The number of anilines is 1. The highest BCUT2D eigenvalue weighted by Gasteiger charge is 2.35. The van der Waals surface area contributed by atoms with E-state index in [1.54, 1.807) is 0 Å². The molecule has 3 aromatic carbocycles. The summed E-state index contributed by atoms with van der Waals surface area (Å²) in [6, 6.07) is 21.0. The maximum atomic E-state index is 14.9. The van der Waals surface area contributed by atoms with Crippen LogP contribution in [0.25, 0.3) is 0 Å². The fraction of sp³-hybridized carbons (Fsp3) is 0.333. The SMILES string of the molecule is Cc1ccccc1CN(C(=O)CN(c1ccccc1F)S(=O)(=O)N(C)C)C(Cc1ccccc1)C(=O)NC(C)C. The summed E-state index contributed by atoms with van der Waals surface area (Å²) >= 11 is 0. The fourth-order valence-corrected chi connectivity index (χ4v) is 5.33. The molecule has 0 aliphatic carbocycles. The number of hydrogen-bond acceptors (Lipinski definition) is 4. The molecular formula is C30H37FN4O4S. The number of nitrogens with zero attached hydrogens (tertiary/aromatic N) is 3. The standard InChI is InChI=1S/C30H37FN4O4S/c1-22(2)32-30(37)28(19-24-14-7-6-8-15-24)34(20-25-16-10-9-13-23(25)3)29(36)21-35(40(38,39)33(4)5)27-18-12-11-17-26(27)31/h6-18,22,28H,19-21H2,1-5H3,(H,32,37). The zero-order valence-corrected chi connectivity index (χ0v) is 24.4. The highest BCUT2D eigenvalue weighted by molar-refractivity contribution is 7.90. The molecule has 0 saturated carbocycles. The van der Waals surface area contributed by atoms with E-state index < -0.39 is 34.5 Å². The summed E-state index contributed by atoms with van der Waals surface area (Å²) in [6.45, 7) is 4.92. The summed E-state index contributed by atoms with van der Waals surface area (Å²) in [6.07, 6.45) is 0.205. The second-order valence-electron chi connectivity index (χ2n) is 10.1. The topological polar surface area (TPSA) is 90.0 Å². The molecule has 0 fully saturated rings. The average Bonchev–Trinajstić information content (AvgIpc) is 2.90. The third kappa shape index (κ3) is 7.67. The van der Waals surface area contributed by atoms with Gasteiger partial charge in [0.05, 0.1) is 5.69 Å². The van der Waals surface area contributed by atoms with Crippen molar-refractivity contribution in [3.63, 3.8) is 0 Å². The van der Waals surface area contributed by atoms with E-state index in [0.29, 0.717) is 0 Å². The maximum absolute atomic E-state index is 14.9. The molecule has 214 valence electrons. The number of carbonyl (C=O) groups excluding carboxylic acids is 2. The molecule has 0 radical (unpaired) electrons. The van der Waals surface area contributed by atoms with E-state index in [1.807, 2.05) is 75.4 Å². The Kier molecular flexibility index (Phi) is 10.4. The number of carbonyl (C=O) groups is 2. The molecular weight excluding hydrogens is 531 g/mol. The van der Waals surface area contributed by atoms with E-state index in [-0.39, 0.29) is 30.6 Å². The van der Waals surface area contributed by atoms with Gasteiger partial charge >= 0.3 is 10.2 Å². The molecule has 40 heavy (non-hydrogen) atoms. The van der Waals surface area contributed by atoms with Gasteiger partial charge in [-0.1, -0.05) is 66.7 Å². The van der Waals surface area contributed by atoms with Gasteiger partial charge < -0.3 is 10.2 Å². The van der Waals surface area contributed by atoms with E-state index in [2.05, 4.69) is 5.32 Å². The first-order valence-electron chi connectivity index (χ1n) is 13.0. The van der Waals surface area contributed by atoms with E-state index in [1.165, 1.54) is 37.2 Å². The third-order valence-corrected chi connectivity index (χ3v) is 8.25. The minimum Gasteiger partial charge on any atom is -0.352 e. The largest absolute Gasteiger partial charge is 0.352 e. The first-order valence-corrected chi connectivity index (χ1v) is 14.4. The van der Waals surface area contributed by atoms with E-state index in [4.69, 9.17) is 0 Å². The van der Waals surface area contributed by atoms with Crippen LogP contribution in [0, 0.1) is 12.7 Å². The van der Waals surface area contributed by atoms with Crippen LogP contribution < -0.4 is 9.62 Å². The lowest BCUT2D eigenvalue weighted by Crippen LogP contribution is -2.55. The molecule has 10 heteroatoms. The lowest BCUT2D eigenvalue weighted by Gasteiger charge is -2.35. The summed E-state index contributed by atoms with van der Waals surface area (Å²) in [5, 5.41) is 2.91. The highest BCUT2D eigenvalue weighted by Crippen LogP contribution is 2.24. The third-order valence-electron chi connectivity index (χ3n) is 6.44. The number of hydrogen-bond donors (Lipinski definition) is 1. The molecule has 0 aliphatic rings. The van der Waals surface area contributed by atoms with Crippen molar-refractivity contribution in [3.05, 3.63) is 101 Å². The van der Waals surface area contributed by atoms with Crippen LogP contribution in [-0.2, 0) is 32.8 Å². The quantitative estimate of drug-likeness (QED) is 0.359. The maximum Gasteiger partial charge on any atom is 0.304 e. The molecule has 0 bridgehead atoms. The summed E-state index contributed by atoms with van der Waals surface area (Å²) in [5.74, 6) is -1.80. The smallest absolute Gasteiger partial charge is 0.304 e. The Morgan fingerprint density at radius 2 is 1.50 bits per heavy atom. The number of aryl methyl sites for hydroxylation is 1. The molecule has 0 spiro atoms. The molecule has 3 rings (SSSR count). The monoisotopic (exact) mass is 568 g/mol. The van der Waals surface area contributed by atoms with Gasteiger partial charge in [-0.2, -0.15) is 12.7 Å². The van der Waals surface area contributed by atoms with Crippen molar-refractivity contribution in [1.82, 2.24) is 14.5 Å². The number of para-hydroxylation sites is 1. The molecule has 0 aliphatic heterocycles. The molecule has 0 aromatic heterocycles. The van der Waals surface area contributed by atoms with Gasteiger partial charge in [0.15, 0.2) is 0 Å². The van der Waals surface area contributed by atoms with Crippen LogP contribution in [0.3, 0.4) is 0 Å². The number of amides is 2. The summed E-state index contributed by atoms with van der Waals surface area (Å²) in [4.78, 5) is 29.1. The zero-order valence-electron chi connectivity index (χ0n) is 23.5. The first kappa shape index (κ1) is 30.8. The predicted octanol–water partition coefficient (Wildman–Crippen LogP) is 3.91. The van der Waals surface area contributed by atoms with Gasteiger partial charge in [-0.15, -0.1) is 0 Å². The minimum absolute atomic E-state index is 0.0572. The molecule has 3 aromatic rings. The molecule has 0 heterocycles. The van der Waals surface area contributed by atoms with Gasteiger partial charge in [0, 0.05) is 33.1 Å². The lowest BCUT2D eigenvalue weighted by atomic mass is 10.0. The summed E-state index contributed by atoms with van der Waals surface area (Å²) in [5.41, 5.74) is 2.29. The highest BCUT2D eigenvalue weighted by atomic mass is 32.2. The van der Waals surface area contributed by atoms with Crippen molar-refractivity contribution in [2.75, 3.05) is 24.9 Å². The van der Waals surface area contributed by atoms with Crippen LogP contribution in [0.2, 0.25) is 0 Å². The number of halogens is 1. The molecule has 1 N–H and O–H groups in total. The van der Waals surface area contributed by atoms with Crippen LogP contribution in [0.1, 0.15) is 30.5 Å². The molecule has 1 unspecified atom stereocenters. The zero-order chi connectivity index (χ0) is 29.4. The Morgan fingerprint density at radius 1 is 0.900 bits per heavy atom. The lowest BCUT2D eigenvalue weighted by molar-refractivity contribution is -0.140. The predicted molar refractivity (Wildman–Crippen MR) is 155 cm³/mol. The number of nitrogens with one attached hydrogen (secondary N) is 1. The number of rotatable bonds is 12. The van der Waals surface area contributed by atoms with Gasteiger partial charge in [0.1, 0.15) is 18.4 Å². The first-order chi connectivity index (χ1) is 18.9. The van der Waals surface area contributed by atoms with Gasteiger partial charge in [-0.3, -0.25) is 9.59 Å². The average molecular weight is 569 g/mol. The number of benzene rings is 3. The molecule has 8 nitrogen and oxygen atoms in total. The molecule has 1 atom stereocenters. The van der Waals surface area contributed by atoms with Crippen LogP contribution in [0.4, 0.5) is 10.1 Å². The van der Waals surface area contributed by atoms with Crippen molar-refractivity contribution in [1.29, 1.82) is 0 Å².